The summed E-state index contributed by atoms with van der Waals surface area (Å²) in [6.07, 6.45) is 0.543. The van der Waals surface area contributed by atoms with E-state index in [-0.39, 0.29) is 10.8 Å². The minimum absolute atomic E-state index is 0.185. The van der Waals surface area contributed by atoms with Crippen molar-refractivity contribution in [3.8, 4) is 0 Å². The molecule has 1 amide bonds. The Morgan fingerprint density at radius 2 is 1.84 bits per heavy atom. The van der Waals surface area contributed by atoms with Crippen LogP contribution >= 0.6 is 0 Å². The lowest BCUT2D eigenvalue weighted by Crippen LogP contribution is -2.30. The zero-order valence-electron chi connectivity index (χ0n) is 14.7. The Balaban J connectivity index is 1.98. The standard InChI is InChI=1S/C17H23N3O4S/c1-4-20(5-2)25(22,23)16-8-6-14(7-9-16)17(21)18-11-10-15-12-13(3)19-24-15/h6-9,12H,4-5,10-11H2,1-3H3,(H,18,21). The predicted octanol–water partition coefficient (Wildman–Crippen LogP) is 1.99. The Morgan fingerprint density at radius 1 is 1.20 bits per heavy atom. The second-order valence-electron chi connectivity index (χ2n) is 5.55. The summed E-state index contributed by atoms with van der Waals surface area (Å²) in [5.74, 6) is 0.446. The van der Waals surface area contributed by atoms with Gasteiger partial charge in [0.15, 0.2) is 0 Å². The van der Waals surface area contributed by atoms with Crippen molar-refractivity contribution in [1.29, 1.82) is 0 Å². The summed E-state index contributed by atoms with van der Waals surface area (Å²) in [6, 6.07) is 7.78. The number of aryl methyl sites for hydroxylation is 1. The molecule has 136 valence electrons. The summed E-state index contributed by atoms with van der Waals surface area (Å²) in [6.45, 7) is 6.63. The Labute approximate surface area is 148 Å². The summed E-state index contributed by atoms with van der Waals surface area (Å²) in [5.41, 5.74) is 1.21. The lowest BCUT2D eigenvalue weighted by Gasteiger charge is -2.18. The third-order valence-corrected chi connectivity index (χ3v) is 5.86. The average Bonchev–Trinajstić information content (AvgIpc) is 3.01. The van der Waals surface area contributed by atoms with Gasteiger partial charge in [0.2, 0.25) is 10.0 Å². The number of carbonyl (C=O) groups is 1. The van der Waals surface area contributed by atoms with E-state index >= 15 is 0 Å². The van der Waals surface area contributed by atoms with Crippen LogP contribution in [-0.4, -0.2) is 43.4 Å². The van der Waals surface area contributed by atoms with Gasteiger partial charge in [0.1, 0.15) is 5.76 Å². The largest absolute Gasteiger partial charge is 0.361 e. The van der Waals surface area contributed by atoms with Crippen LogP contribution in [0.1, 0.15) is 35.7 Å². The maximum Gasteiger partial charge on any atom is 0.251 e. The highest BCUT2D eigenvalue weighted by molar-refractivity contribution is 7.89. The van der Waals surface area contributed by atoms with Gasteiger partial charge in [-0.2, -0.15) is 4.31 Å². The van der Waals surface area contributed by atoms with Gasteiger partial charge in [-0.05, 0) is 31.2 Å². The fourth-order valence-electron chi connectivity index (χ4n) is 2.43. The van der Waals surface area contributed by atoms with Crippen LogP contribution in [0.4, 0.5) is 0 Å². The van der Waals surface area contributed by atoms with Crippen LogP contribution in [0.3, 0.4) is 0 Å². The topological polar surface area (TPSA) is 92.5 Å². The van der Waals surface area contributed by atoms with Crippen molar-refractivity contribution in [2.75, 3.05) is 19.6 Å². The molecule has 1 N–H and O–H groups in total. The van der Waals surface area contributed by atoms with Crippen molar-refractivity contribution in [3.05, 3.63) is 47.3 Å². The van der Waals surface area contributed by atoms with E-state index in [2.05, 4.69) is 10.5 Å². The Bertz CT molecular complexity index is 809. The number of amides is 1. The molecule has 8 heteroatoms. The Kier molecular flexibility index (Phi) is 6.33. The van der Waals surface area contributed by atoms with Crippen LogP contribution < -0.4 is 5.32 Å². The quantitative estimate of drug-likeness (QED) is 0.772. The molecule has 0 aliphatic heterocycles. The maximum atomic E-state index is 12.4. The highest BCUT2D eigenvalue weighted by Gasteiger charge is 2.21. The normalized spacial score (nSPS) is 11.7. The summed E-state index contributed by atoms with van der Waals surface area (Å²) >= 11 is 0. The van der Waals surface area contributed by atoms with E-state index in [0.717, 1.165) is 5.69 Å². The number of rotatable bonds is 8. The van der Waals surface area contributed by atoms with E-state index in [1.54, 1.807) is 13.8 Å². The second kappa shape index (κ2) is 8.26. The molecule has 0 saturated heterocycles. The number of aromatic nitrogens is 1. The second-order valence-corrected chi connectivity index (χ2v) is 7.49. The van der Waals surface area contributed by atoms with Crippen LogP contribution in [-0.2, 0) is 16.4 Å². The number of hydrogen-bond acceptors (Lipinski definition) is 5. The predicted molar refractivity (Wildman–Crippen MR) is 93.8 cm³/mol. The number of hydrogen-bond donors (Lipinski definition) is 1. The van der Waals surface area contributed by atoms with Crippen molar-refractivity contribution in [1.82, 2.24) is 14.8 Å². The van der Waals surface area contributed by atoms with Crippen LogP contribution in [0.25, 0.3) is 0 Å². The van der Waals surface area contributed by atoms with E-state index in [9.17, 15) is 13.2 Å². The van der Waals surface area contributed by atoms with Gasteiger partial charge < -0.3 is 9.84 Å². The van der Waals surface area contributed by atoms with Crippen molar-refractivity contribution in [2.24, 2.45) is 0 Å². The van der Waals surface area contributed by atoms with Gasteiger partial charge in [0.25, 0.3) is 5.91 Å². The van der Waals surface area contributed by atoms with Gasteiger partial charge in [-0.1, -0.05) is 19.0 Å². The van der Waals surface area contributed by atoms with Gasteiger partial charge in [-0.15, -0.1) is 0 Å². The van der Waals surface area contributed by atoms with Crippen molar-refractivity contribution >= 4 is 15.9 Å². The molecule has 0 spiro atoms. The summed E-state index contributed by atoms with van der Waals surface area (Å²) in [7, 11) is -3.51. The summed E-state index contributed by atoms with van der Waals surface area (Å²) in [5, 5.41) is 6.56. The average molecular weight is 365 g/mol. The molecule has 7 nitrogen and oxygen atoms in total. The number of nitrogens with zero attached hydrogens (tertiary/aromatic N) is 2. The van der Waals surface area contributed by atoms with Gasteiger partial charge in [-0.25, -0.2) is 8.42 Å². The van der Waals surface area contributed by atoms with Crippen molar-refractivity contribution in [2.45, 2.75) is 32.1 Å². The first-order chi connectivity index (χ1) is 11.9. The van der Waals surface area contributed by atoms with Crippen LogP contribution in [0.5, 0.6) is 0 Å². The molecule has 0 bridgehead atoms. The van der Waals surface area contributed by atoms with Crippen molar-refractivity contribution < 1.29 is 17.7 Å². The fraction of sp³-hybridized carbons (Fsp3) is 0.412. The molecule has 0 unspecified atom stereocenters. The molecule has 1 aromatic carbocycles. The molecule has 2 rings (SSSR count). The monoisotopic (exact) mass is 365 g/mol. The van der Waals surface area contributed by atoms with Crippen LogP contribution in [0, 0.1) is 6.92 Å². The molecule has 0 aliphatic rings. The third-order valence-electron chi connectivity index (χ3n) is 3.79. The first-order valence-corrected chi connectivity index (χ1v) is 9.63. The number of carbonyl (C=O) groups excluding carboxylic acids is 1. The zero-order chi connectivity index (χ0) is 18.4. The number of nitrogens with one attached hydrogen (secondary N) is 1. The Morgan fingerprint density at radius 3 is 2.36 bits per heavy atom. The molecular formula is C17H23N3O4S. The van der Waals surface area contributed by atoms with Crippen LogP contribution in [0.2, 0.25) is 0 Å². The van der Waals surface area contributed by atoms with E-state index < -0.39 is 10.0 Å². The molecule has 0 saturated carbocycles. The molecule has 0 atom stereocenters. The van der Waals surface area contributed by atoms with Gasteiger partial charge in [0, 0.05) is 37.7 Å². The minimum Gasteiger partial charge on any atom is -0.361 e. The molecular weight excluding hydrogens is 342 g/mol. The summed E-state index contributed by atoms with van der Waals surface area (Å²) < 4.78 is 31.3. The third kappa shape index (κ3) is 4.67. The Hall–Kier alpha value is -2.19. The van der Waals surface area contributed by atoms with Gasteiger partial charge in [0.05, 0.1) is 10.6 Å². The molecule has 0 aliphatic carbocycles. The summed E-state index contributed by atoms with van der Waals surface area (Å²) in [4.78, 5) is 12.3. The highest BCUT2D eigenvalue weighted by atomic mass is 32.2. The van der Waals surface area contributed by atoms with Crippen LogP contribution in [0.15, 0.2) is 39.8 Å². The van der Waals surface area contributed by atoms with Gasteiger partial charge in [-0.3, -0.25) is 4.79 Å². The molecule has 1 heterocycles. The molecule has 25 heavy (non-hydrogen) atoms. The first-order valence-electron chi connectivity index (χ1n) is 8.19. The molecule has 0 fully saturated rings. The molecule has 0 radical (unpaired) electrons. The lowest BCUT2D eigenvalue weighted by molar-refractivity contribution is 0.0953. The maximum absolute atomic E-state index is 12.4. The number of sulfonamides is 1. The van der Waals surface area contributed by atoms with E-state index in [4.69, 9.17) is 4.52 Å². The molecule has 1 aromatic heterocycles. The first kappa shape index (κ1) is 19.1. The lowest BCUT2D eigenvalue weighted by atomic mass is 10.2. The minimum atomic E-state index is -3.51. The zero-order valence-corrected chi connectivity index (χ0v) is 15.5. The molecule has 2 aromatic rings. The van der Waals surface area contributed by atoms with Crippen molar-refractivity contribution in [3.63, 3.8) is 0 Å². The van der Waals surface area contributed by atoms with E-state index in [1.165, 1.54) is 28.6 Å². The van der Waals surface area contributed by atoms with Gasteiger partial charge >= 0.3 is 0 Å². The smallest absolute Gasteiger partial charge is 0.251 e. The van der Waals surface area contributed by atoms with E-state index in [0.29, 0.717) is 37.4 Å². The number of benzene rings is 1. The highest BCUT2D eigenvalue weighted by Crippen LogP contribution is 2.16. The van der Waals surface area contributed by atoms with E-state index in [1.807, 2.05) is 13.0 Å². The fourth-order valence-corrected chi connectivity index (χ4v) is 3.88. The SMILES string of the molecule is CCN(CC)S(=O)(=O)c1ccc(C(=O)NCCc2cc(C)no2)cc1.